The van der Waals surface area contributed by atoms with E-state index in [1.54, 1.807) is 18.2 Å². The molecule has 25 heavy (non-hydrogen) atoms. The van der Waals surface area contributed by atoms with Gasteiger partial charge in [-0.25, -0.2) is 0 Å². The molecule has 2 aromatic rings. The topological polar surface area (TPSA) is 67.4 Å². The molecule has 0 bridgehead atoms. The number of ether oxygens (including phenoxy) is 1. The van der Waals surface area contributed by atoms with E-state index in [-0.39, 0.29) is 18.4 Å². The summed E-state index contributed by atoms with van der Waals surface area (Å²) in [6.45, 7) is 4.20. The molecule has 0 saturated heterocycles. The number of carbonyl (C=O) groups excluding carboxylic acids is 2. The Kier molecular flexibility index (Phi) is 5.19. The van der Waals surface area contributed by atoms with Gasteiger partial charge in [0.15, 0.2) is 6.61 Å². The van der Waals surface area contributed by atoms with Gasteiger partial charge >= 0.3 is 0 Å². The largest absolute Gasteiger partial charge is 0.482 e. The van der Waals surface area contributed by atoms with E-state index >= 15 is 0 Å². The van der Waals surface area contributed by atoms with E-state index in [4.69, 9.17) is 4.74 Å². The number of nitrogens with one attached hydrogen (secondary N) is 2. The van der Waals surface area contributed by atoms with Crippen LogP contribution in [-0.4, -0.2) is 25.0 Å². The van der Waals surface area contributed by atoms with Crippen LogP contribution in [0.15, 0.2) is 47.4 Å². The molecule has 0 unspecified atom stereocenters. The van der Waals surface area contributed by atoms with Gasteiger partial charge in [-0.1, -0.05) is 36.9 Å². The van der Waals surface area contributed by atoms with E-state index in [9.17, 15) is 9.59 Å². The average Bonchev–Trinajstić information content (AvgIpc) is 2.61. The second-order valence-corrected chi connectivity index (χ2v) is 6.47. The number of rotatable bonds is 5. The summed E-state index contributed by atoms with van der Waals surface area (Å²) in [7, 11) is 0. The fraction of sp³-hybridized carbons (Fsp3) is 0.158. The quantitative estimate of drug-likeness (QED) is 0.807. The molecule has 5 nitrogen and oxygen atoms in total. The lowest BCUT2D eigenvalue weighted by molar-refractivity contribution is -0.118. The normalized spacial score (nSPS) is 12.6. The molecule has 0 spiro atoms. The standard InChI is InChI=1S/C19H17BrN2O3/c1-2-12-3-5-13(6-4-12)7-8-21-19(24)14-9-17-16(10-15(14)20)22-18(23)11-25-17/h2-6,9-10H,1,7-8,11H2,(H,21,24)(H,22,23). The zero-order chi connectivity index (χ0) is 17.8. The van der Waals surface area contributed by atoms with Crippen LogP contribution in [0.1, 0.15) is 21.5 Å². The smallest absolute Gasteiger partial charge is 0.262 e. The van der Waals surface area contributed by atoms with Crippen LogP contribution in [0.5, 0.6) is 5.75 Å². The first kappa shape index (κ1) is 17.2. The first-order valence-electron chi connectivity index (χ1n) is 7.82. The summed E-state index contributed by atoms with van der Waals surface area (Å²) in [5.74, 6) is 0.0879. The average molecular weight is 401 g/mol. The number of halogens is 1. The predicted molar refractivity (Wildman–Crippen MR) is 101 cm³/mol. The van der Waals surface area contributed by atoms with Crippen LogP contribution in [0, 0.1) is 0 Å². The maximum atomic E-state index is 12.4. The number of carbonyl (C=O) groups is 2. The molecule has 0 aliphatic carbocycles. The zero-order valence-corrected chi connectivity index (χ0v) is 15.1. The van der Waals surface area contributed by atoms with Crippen molar-refractivity contribution in [2.24, 2.45) is 0 Å². The fourth-order valence-electron chi connectivity index (χ4n) is 2.51. The Balaban J connectivity index is 1.63. The van der Waals surface area contributed by atoms with Gasteiger partial charge in [-0.05, 0) is 45.6 Å². The fourth-order valence-corrected chi connectivity index (χ4v) is 3.03. The summed E-state index contributed by atoms with van der Waals surface area (Å²) in [4.78, 5) is 23.7. The highest BCUT2D eigenvalue weighted by Crippen LogP contribution is 2.33. The van der Waals surface area contributed by atoms with E-state index in [0.29, 0.717) is 28.0 Å². The monoisotopic (exact) mass is 400 g/mol. The van der Waals surface area contributed by atoms with E-state index in [2.05, 4.69) is 33.1 Å². The number of hydrogen-bond acceptors (Lipinski definition) is 3. The van der Waals surface area contributed by atoms with Gasteiger partial charge in [0.05, 0.1) is 11.3 Å². The van der Waals surface area contributed by atoms with Crippen molar-refractivity contribution < 1.29 is 14.3 Å². The number of benzene rings is 2. The second kappa shape index (κ2) is 7.53. The van der Waals surface area contributed by atoms with Crippen molar-refractivity contribution >= 4 is 39.5 Å². The Labute approximate surface area is 154 Å². The third-order valence-electron chi connectivity index (χ3n) is 3.86. The third-order valence-corrected chi connectivity index (χ3v) is 4.52. The van der Waals surface area contributed by atoms with Crippen molar-refractivity contribution in [3.05, 3.63) is 64.1 Å². The summed E-state index contributed by atoms with van der Waals surface area (Å²) < 4.78 is 5.96. The van der Waals surface area contributed by atoms with Gasteiger partial charge < -0.3 is 15.4 Å². The first-order chi connectivity index (χ1) is 12.1. The molecule has 1 aliphatic rings. The Hall–Kier alpha value is -2.60. The number of fused-ring (bicyclic) bond motifs is 1. The molecule has 1 heterocycles. The van der Waals surface area contributed by atoms with E-state index in [1.807, 2.05) is 24.3 Å². The van der Waals surface area contributed by atoms with Crippen LogP contribution < -0.4 is 15.4 Å². The molecule has 3 rings (SSSR count). The lowest BCUT2D eigenvalue weighted by atomic mass is 10.1. The van der Waals surface area contributed by atoms with Gasteiger partial charge in [0.2, 0.25) is 0 Å². The van der Waals surface area contributed by atoms with Crippen LogP contribution in [-0.2, 0) is 11.2 Å². The van der Waals surface area contributed by atoms with Crippen molar-refractivity contribution in [2.75, 3.05) is 18.5 Å². The molecule has 0 saturated carbocycles. The molecule has 0 atom stereocenters. The molecule has 0 aromatic heterocycles. The van der Waals surface area contributed by atoms with Crippen LogP contribution in [0.3, 0.4) is 0 Å². The van der Waals surface area contributed by atoms with Crippen LogP contribution >= 0.6 is 15.9 Å². The van der Waals surface area contributed by atoms with Crippen molar-refractivity contribution in [2.45, 2.75) is 6.42 Å². The van der Waals surface area contributed by atoms with E-state index in [1.165, 1.54) is 0 Å². The highest BCUT2D eigenvalue weighted by atomic mass is 79.9. The Morgan fingerprint density at radius 3 is 2.80 bits per heavy atom. The predicted octanol–water partition coefficient (Wildman–Crippen LogP) is 3.40. The van der Waals surface area contributed by atoms with Crippen LogP contribution in [0.4, 0.5) is 5.69 Å². The Bertz CT molecular complexity index is 831. The molecular weight excluding hydrogens is 384 g/mol. The van der Waals surface area contributed by atoms with Crippen LogP contribution in [0.2, 0.25) is 0 Å². The van der Waals surface area contributed by atoms with Gasteiger partial charge in [0, 0.05) is 11.0 Å². The summed E-state index contributed by atoms with van der Waals surface area (Å²) in [6.07, 6.45) is 2.53. The molecule has 6 heteroatoms. The summed E-state index contributed by atoms with van der Waals surface area (Å²) >= 11 is 3.37. The Morgan fingerprint density at radius 1 is 1.32 bits per heavy atom. The molecule has 0 fully saturated rings. The lowest BCUT2D eigenvalue weighted by Crippen LogP contribution is -2.28. The van der Waals surface area contributed by atoms with Crippen molar-refractivity contribution in [3.8, 4) is 5.75 Å². The molecular formula is C19H17BrN2O3. The van der Waals surface area contributed by atoms with Gasteiger partial charge in [0.1, 0.15) is 5.75 Å². The summed E-state index contributed by atoms with van der Waals surface area (Å²) in [5.41, 5.74) is 3.23. The molecule has 128 valence electrons. The van der Waals surface area contributed by atoms with Gasteiger partial charge in [0.25, 0.3) is 11.8 Å². The highest BCUT2D eigenvalue weighted by molar-refractivity contribution is 9.10. The molecule has 1 aliphatic heterocycles. The molecule has 2 amide bonds. The van der Waals surface area contributed by atoms with Crippen molar-refractivity contribution in [1.82, 2.24) is 5.32 Å². The van der Waals surface area contributed by atoms with Gasteiger partial charge in [-0.2, -0.15) is 0 Å². The molecule has 2 aromatic carbocycles. The minimum absolute atomic E-state index is 0.0452. The summed E-state index contributed by atoms with van der Waals surface area (Å²) in [6, 6.07) is 11.3. The third kappa shape index (κ3) is 4.09. The summed E-state index contributed by atoms with van der Waals surface area (Å²) in [5, 5.41) is 5.61. The maximum absolute atomic E-state index is 12.4. The zero-order valence-electron chi connectivity index (χ0n) is 13.5. The number of amides is 2. The number of anilines is 1. The van der Waals surface area contributed by atoms with Crippen molar-refractivity contribution in [3.63, 3.8) is 0 Å². The minimum atomic E-state index is -0.209. The van der Waals surface area contributed by atoms with E-state index < -0.39 is 0 Å². The second-order valence-electron chi connectivity index (χ2n) is 5.62. The molecule has 2 N–H and O–H groups in total. The maximum Gasteiger partial charge on any atom is 0.262 e. The lowest BCUT2D eigenvalue weighted by Gasteiger charge is -2.19. The van der Waals surface area contributed by atoms with Gasteiger partial charge in [-0.3, -0.25) is 9.59 Å². The highest BCUT2D eigenvalue weighted by Gasteiger charge is 2.20. The Morgan fingerprint density at radius 2 is 2.08 bits per heavy atom. The number of hydrogen-bond donors (Lipinski definition) is 2. The molecule has 0 radical (unpaired) electrons. The van der Waals surface area contributed by atoms with E-state index in [0.717, 1.165) is 17.5 Å². The SMILES string of the molecule is C=Cc1ccc(CCNC(=O)c2cc3c(cc2Br)NC(=O)CO3)cc1. The minimum Gasteiger partial charge on any atom is -0.482 e. The van der Waals surface area contributed by atoms with Crippen molar-refractivity contribution in [1.29, 1.82) is 0 Å². The first-order valence-corrected chi connectivity index (χ1v) is 8.62. The van der Waals surface area contributed by atoms with Crippen LogP contribution in [0.25, 0.3) is 6.08 Å². The van der Waals surface area contributed by atoms with Gasteiger partial charge in [-0.15, -0.1) is 0 Å².